The molecule has 6 rings (SSSR count). The first-order valence-corrected chi connectivity index (χ1v) is 12.4. The summed E-state index contributed by atoms with van der Waals surface area (Å²) in [4.78, 5) is 5.26. The number of imidazole rings is 1. The first kappa shape index (κ1) is 22.6. The Morgan fingerprint density at radius 3 is 1.84 bits per heavy atom. The second-order valence-electron chi connectivity index (χ2n) is 8.94. The highest BCUT2D eigenvalue weighted by Gasteiger charge is 2.22. The van der Waals surface area contributed by atoms with Crippen LogP contribution in [0.4, 0.5) is 0 Å². The predicted octanol–water partition coefficient (Wildman–Crippen LogP) is 8.95. The highest BCUT2D eigenvalue weighted by molar-refractivity contribution is 5.84. The molecule has 2 heterocycles. The van der Waals surface area contributed by atoms with Crippen molar-refractivity contribution in [2.24, 2.45) is 0 Å². The smallest absolute Gasteiger partial charge is 0.145 e. The average molecular weight is 479 g/mol. The van der Waals surface area contributed by atoms with Crippen LogP contribution in [0.3, 0.4) is 0 Å². The molecule has 178 valence electrons. The summed E-state index contributed by atoms with van der Waals surface area (Å²) < 4.78 is 7.93. The molecule has 0 aliphatic carbocycles. The van der Waals surface area contributed by atoms with Crippen LogP contribution in [-0.2, 0) is 0 Å². The lowest BCUT2D eigenvalue weighted by molar-refractivity contribution is 0.525. The van der Waals surface area contributed by atoms with Crippen molar-refractivity contribution in [1.82, 2.24) is 9.55 Å². The van der Waals surface area contributed by atoms with E-state index >= 15 is 0 Å². The maximum absolute atomic E-state index is 5.66. The minimum atomic E-state index is 0.848. The molecule has 0 aliphatic rings. The van der Waals surface area contributed by atoms with E-state index in [1.165, 1.54) is 0 Å². The number of nitrogens with zero attached hydrogens (tertiary/aromatic N) is 2. The number of para-hydroxylation sites is 1. The second-order valence-corrected chi connectivity index (χ2v) is 8.94. The van der Waals surface area contributed by atoms with Crippen LogP contribution in [0.2, 0.25) is 0 Å². The van der Waals surface area contributed by atoms with Gasteiger partial charge >= 0.3 is 0 Å². The molecule has 0 N–H and O–H groups in total. The van der Waals surface area contributed by atoms with Crippen molar-refractivity contribution in [1.29, 1.82) is 0 Å². The number of aromatic nitrogens is 2. The molecule has 0 fully saturated rings. The molecular formula is C34H26N2O. The van der Waals surface area contributed by atoms with Gasteiger partial charge in [0.05, 0.1) is 11.4 Å². The van der Waals surface area contributed by atoms with E-state index in [9.17, 15) is 0 Å². The van der Waals surface area contributed by atoms with Crippen LogP contribution in [0.25, 0.3) is 51.7 Å². The van der Waals surface area contributed by atoms with Crippen LogP contribution in [0.5, 0.6) is 0 Å². The Bertz CT molecular complexity index is 1640. The molecule has 0 atom stereocenters. The third kappa shape index (κ3) is 4.67. The van der Waals surface area contributed by atoms with Gasteiger partial charge < -0.3 is 4.42 Å². The standard InChI is InChI=1S/C34H26N2O/c1-25-17-23-31(37-25)24-20-26-18-21-29(22-19-26)34-35-32(27-11-5-2-6-12-27)33(28-13-7-3-8-14-28)36(34)30-15-9-4-10-16-30/h2-24H,1H3/b24-20+. The van der Waals surface area contributed by atoms with E-state index in [0.29, 0.717) is 0 Å². The molecule has 0 unspecified atom stereocenters. The van der Waals surface area contributed by atoms with E-state index in [-0.39, 0.29) is 0 Å². The summed E-state index contributed by atoms with van der Waals surface area (Å²) in [7, 11) is 0. The van der Waals surface area contributed by atoms with Gasteiger partial charge in [-0.05, 0) is 42.8 Å². The fourth-order valence-corrected chi connectivity index (χ4v) is 4.57. The van der Waals surface area contributed by atoms with Crippen molar-refractivity contribution in [3.05, 3.63) is 144 Å². The third-order valence-corrected chi connectivity index (χ3v) is 6.36. The first-order chi connectivity index (χ1) is 18.3. The molecule has 0 saturated heterocycles. The van der Waals surface area contributed by atoms with Crippen molar-refractivity contribution in [2.75, 3.05) is 0 Å². The quantitative estimate of drug-likeness (QED) is 0.239. The van der Waals surface area contributed by atoms with Gasteiger partial charge in [-0.3, -0.25) is 4.57 Å². The highest BCUT2D eigenvalue weighted by Crippen LogP contribution is 2.38. The maximum atomic E-state index is 5.66. The van der Waals surface area contributed by atoms with Gasteiger partial charge in [0.1, 0.15) is 17.3 Å². The summed E-state index contributed by atoms with van der Waals surface area (Å²) in [6.45, 7) is 1.95. The summed E-state index contributed by atoms with van der Waals surface area (Å²) in [6.07, 6.45) is 4.06. The summed E-state index contributed by atoms with van der Waals surface area (Å²) in [5.41, 5.74) is 7.47. The van der Waals surface area contributed by atoms with Crippen molar-refractivity contribution in [3.8, 4) is 39.6 Å². The number of benzene rings is 4. The Morgan fingerprint density at radius 1 is 0.595 bits per heavy atom. The van der Waals surface area contributed by atoms with Crippen molar-refractivity contribution in [3.63, 3.8) is 0 Å². The molecule has 2 aromatic heterocycles. The minimum absolute atomic E-state index is 0.848. The normalized spacial score (nSPS) is 11.3. The monoisotopic (exact) mass is 478 g/mol. The van der Waals surface area contributed by atoms with Gasteiger partial charge in [0.2, 0.25) is 0 Å². The minimum Gasteiger partial charge on any atom is -0.462 e. The third-order valence-electron chi connectivity index (χ3n) is 6.36. The van der Waals surface area contributed by atoms with Gasteiger partial charge in [-0.15, -0.1) is 0 Å². The molecule has 6 aromatic rings. The van der Waals surface area contributed by atoms with Gasteiger partial charge in [0.15, 0.2) is 0 Å². The summed E-state index contributed by atoms with van der Waals surface area (Å²) in [5.74, 6) is 2.66. The molecule has 0 aliphatic heterocycles. The molecule has 4 aromatic carbocycles. The maximum Gasteiger partial charge on any atom is 0.145 e. The molecule has 0 spiro atoms. The van der Waals surface area contributed by atoms with Crippen LogP contribution >= 0.6 is 0 Å². The van der Waals surface area contributed by atoms with Crippen molar-refractivity contribution < 1.29 is 4.42 Å². The Kier molecular flexibility index (Phi) is 6.10. The van der Waals surface area contributed by atoms with Crippen LogP contribution in [0.15, 0.2) is 132 Å². The van der Waals surface area contributed by atoms with E-state index in [0.717, 1.165) is 56.7 Å². The zero-order chi connectivity index (χ0) is 25.0. The topological polar surface area (TPSA) is 31.0 Å². The molecule has 3 nitrogen and oxygen atoms in total. The van der Waals surface area contributed by atoms with E-state index in [1.807, 2.05) is 43.3 Å². The van der Waals surface area contributed by atoms with E-state index < -0.39 is 0 Å². The molecule has 0 amide bonds. The Hall–Kier alpha value is -4.89. The molecule has 0 saturated carbocycles. The Labute approximate surface area is 217 Å². The Balaban J connectivity index is 1.51. The lowest BCUT2D eigenvalue weighted by Crippen LogP contribution is -2.00. The molecule has 3 heteroatoms. The number of rotatable bonds is 6. The second kappa shape index (κ2) is 10.00. The molecule has 37 heavy (non-hydrogen) atoms. The van der Waals surface area contributed by atoms with Gasteiger partial charge in [0, 0.05) is 22.4 Å². The zero-order valence-electron chi connectivity index (χ0n) is 20.6. The number of hydrogen-bond donors (Lipinski definition) is 0. The van der Waals surface area contributed by atoms with Crippen molar-refractivity contribution in [2.45, 2.75) is 6.92 Å². The SMILES string of the molecule is Cc1ccc(/C=C/c2ccc(-c3nc(-c4ccccc4)c(-c4ccccc4)n3-c3ccccc3)cc2)o1. The first-order valence-electron chi connectivity index (χ1n) is 12.4. The van der Waals surface area contributed by atoms with Gasteiger partial charge in [-0.1, -0.05) is 109 Å². The number of furan rings is 1. The van der Waals surface area contributed by atoms with E-state index in [2.05, 4.69) is 108 Å². The van der Waals surface area contributed by atoms with Gasteiger partial charge in [0.25, 0.3) is 0 Å². The van der Waals surface area contributed by atoms with Crippen LogP contribution in [0, 0.1) is 6.92 Å². The van der Waals surface area contributed by atoms with Crippen LogP contribution in [0.1, 0.15) is 17.1 Å². The fraction of sp³-hybridized carbons (Fsp3) is 0.0294. The zero-order valence-corrected chi connectivity index (χ0v) is 20.6. The van der Waals surface area contributed by atoms with E-state index in [1.54, 1.807) is 0 Å². The molecule has 0 radical (unpaired) electrons. The summed E-state index contributed by atoms with van der Waals surface area (Å²) >= 11 is 0. The number of aryl methyl sites for hydroxylation is 1. The lowest BCUT2D eigenvalue weighted by Gasteiger charge is -2.14. The largest absolute Gasteiger partial charge is 0.462 e. The molecule has 0 bridgehead atoms. The number of hydrogen-bond acceptors (Lipinski definition) is 2. The highest BCUT2D eigenvalue weighted by atomic mass is 16.3. The summed E-state index contributed by atoms with van der Waals surface area (Å²) in [5, 5.41) is 0. The van der Waals surface area contributed by atoms with Gasteiger partial charge in [-0.2, -0.15) is 0 Å². The molecular weight excluding hydrogens is 452 g/mol. The fourth-order valence-electron chi connectivity index (χ4n) is 4.57. The van der Waals surface area contributed by atoms with E-state index in [4.69, 9.17) is 9.40 Å². The Morgan fingerprint density at radius 2 is 1.22 bits per heavy atom. The average Bonchev–Trinajstić information content (AvgIpc) is 3.57. The predicted molar refractivity (Wildman–Crippen MR) is 152 cm³/mol. The lowest BCUT2D eigenvalue weighted by atomic mass is 10.0. The van der Waals surface area contributed by atoms with Gasteiger partial charge in [-0.25, -0.2) is 4.98 Å². The summed E-state index contributed by atoms with van der Waals surface area (Å²) in [6, 6.07) is 43.8. The van der Waals surface area contributed by atoms with Crippen LogP contribution < -0.4 is 0 Å². The van der Waals surface area contributed by atoms with Crippen LogP contribution in [-0.4, -0.2) is 9.55 Å². The van der Waals surface area contributed by atoms with Crippen molar-refractivity contribution >= 4 is 12.2 Å².